The summed E-state index contributed by atoms with van der Waals surface area (Å²) in [5.74, 6) is -0.378. The maximum atomic E-state index is 12.1. The highest BCUT2D eigenvalue weighted by Gasteiger charge is 2.19. The standard InChI is InChI=1S/C13H16ClNO3/c1-15-11(7-8-12(16)18-2)13(17)9-3-5-10(14)6-4-9/h3-6,11,15H,7-8H2,1-2H3. The number of esters is 1. The van der Waals surface area contributed by atoms with Crippen molar-refractivity contribution in [2.75, 3.05) is 14.2 Å². The van der Waals surface area contributed by atoms with Crippen LogP contribution >= 0.6 is 11.6 Å². The highest BCUT2D eigenvalue weighted by atomic mass is 35.5. The molecule has 0 amide bonds. The number of hydrogen-bond acceptors (Lipinski definition) is 4. The summed E-state index contributed by atoms with van der Waals surface area (Å²) in [6.07, 6.45) is 0.617. The van der Waals surface area contributed by atoms with Crippen molar-refractivity contribution in [1.82, 2.24) is 5.32 Å². The molecule has 0 saturated heterocycles. The van der Waals surface area contributed by atoms with Gasteiger partial charge in [0.05, 0.1) is 13.2 Å². The number of benzene rings is 1. The van der Waals surface area contributed by atoms with E-state index in [1.54, 1.807) is 31.3 Å². The van der Waals surface area contributed by atoms with E-state index in [1.165, 1.54) is 7.11 Å². The van der Waals surface area contributed by atoms with Crippen molar-refractivity contribution < 1.29 is 14.3 Å². The first-order valence-electron chi connectivity index (χ1n) is 5.62. The predicted octanol–water partition coefficient (Wildman–Crippen LogP) is 2.06. The topological polar surface area (TPSA) is 55.4 Å². The van der Waals surface area contributed by atoms with E-state index >= 15 is 0 Å². The molecule has 0 heterocycles. The van der Waals surface area contributed by atoms with Crippen LogP contribution in [0, 0.1) is 0 Å². The molecule has 0 saturated carbocycles. The van der Waals surface area contributed by atoms with Crippen LogP contribution in [0.1, 0.15) is 23.2 Å². The molecular weight excluding hydrogens is 254 g/mol. The predicted molar refractivity (Wildman–Crippen MR) is 69.9 cm³/mol. The molecule has 1 aromatic carbocycles. The van der Waals surface area contributed by atoms with Crippen molar-refractivity contribution >= 4 is 23.4 Å². The molecule has 0 radical (unpaired) electrons. The van der Waals surface area contributed by atoms with Gasteiger partial charge in [-0.3, -0.25) is 9.59 Å². The first kappa shape index (κ1) is 14.7. The minimum atomic E-state index is -0.398. The molecule has 1 rings (SSSR count). The van der Waals surface area contributed by atoms with Crippen LogP contribution in [0.15, 0.2) is 24.3 Å². The molecule has 4 nitrogen and oxygen atoms in total. The van der Waals surface area contributed by atoms with E-state index in [4.69, 9.17) is 11.6 Å². The number of Topliss-reactive ketones (excluding diaryl/α,β-unsaturated/α-hetero) is 1. The molecule has 0 aliphatic carbocycles. The van der Waals surface area contributed by atoms with Crippen molar-refractivity contribution in [3.05, 3.63) is 34.9 Å². The number of methoxy groups -OCH3 is 1. The largest absolute Gasteiger partial charge is 0.469 e. The number of rotatable bonds is 6. The Hall–Kier alpha value is -1.39. The summed E-state index contributed by atoms with van der Waals surface area (Å²) in [5.41, 5.74) is 0.573. The summed E-state index contributed by atoms with van der Waals surface area (Å²) in [5, 5.41) is 3.49. The number of ketones is 1. The lowest BCUT2D eigenvalue weighted by Crippen LogP contribution is -2.34. The molecule has 1 N–H and O–H groups in total. The van der Waals surface area contributed by atoms with Crippen LogP contribution in [0.25, 0.3) is 0 Å². The lowest BCUT2D eigenvalue weighted by molar-refractivity contribution is -0.140. The van der Waals surface area contributed by atoms with E-state index in [0.717, 1.165) is 0 Å². The molecule has 18 heavy (non-hydrogen) atoms. The Morgan fingerprint density at radius 1 is 1.33 bits per heavy atom. The van der Waals surface area contributed by atoms with E-state index in [9.17, 15) is 9.59 Å². The van der Waals surface area contributed by atoms with E-state index in [0.29, 0.717) is 17.0 Å². The molecule has 0 aliphatic heterocycles. The van der Waals surface area contributed by atoms with Gasteiger partial charge in [0.2, 0.25) is 0 Å². The second-order valence-electron chi connectivity index (χ2n) is 3.83. The van der Waals surface area contributed by atoms with Gasteiger partial charge < -0.3 is 10.1 Å². The van der Waals surface area contributed by atoms with Crippen LogP contribution < -0.4 is 5.32 Å². The fourth-order valence-corrected chi connectivity index (χ4v) is 1.71. The minimum Gasteiger partial charge on any atom is -0.469 e. The van der Waals surface area contributed by atoms with Gasteiger partial charge in [-0.2, -0.15) is 0 Å². The van der Waals surface area contributed by atoms with E-state index in [-0.39, 0.29) is 18.2 Å². The van der Waals surface area contributed by atoms with Crippen molar-refractivity contribution in [2.45, 2.75) is 18.9 Å². The summed E-state index contributed by atoms with van der Waals surface area (Å²) in [6.45, 7) is 0. The third-order valence-corrected chi connectivity index (χ3v) is 2.91. The Balaban J connectivity index is 2.67. The summed E-state index contributed by atoms with van der Waals surface area (Å²) in [6, 6.07) is 6.29. The van der Waals surface area contributed by atoms with E-state index in [1.807, 2.05) is 0 Å². The number of carbonyl (C=O) groups is 2. The molecule has 0 spiro atoms. The average molecular weight is 270 g/mol. The lowest BCUT2D eigenvalue weighted by atomic mass is 10.0. The van der Waals surface area contributed by atoms with Crippen LogP contribution in [0.5, 0.6) is 0 Å². The Labute approximate surface area is 111 Å². The van der Waals surface area contributed by atoms with Crippen LogP contribution in [-0.4, -0.2) is 32.0 Å². The molecule has 98 valence electrons. The number of halogens is 1. The molecule has 1 atom stereocenters. The third-order valence-electron chi connectivity index (χ3n) is 2.66. The molecule has 1 unspecified atom stereocenters. The van der Waals surface area contributed by atoms with Gasteiger partial charge in [-0.1, -0.05) is 11.6 Å². The monoisotopic (exact) mass is 269 g/mol. The van der Waals surface area contributed by atoms with Crippen molar-refractivity contribution in [1.29, 1.82) is 0 Å². The quantitative estimate of drug-likeness (QED) is 0.634. The van der Waals surface area contributed by atoms with Gasteiger partial charge >= 0.3 is 5.97 Å². The highest BCUT2D eigenvalue weighted by Crippen LogP contribution is 2.13. The zero-order chi connectivity index (χ0) is 13.5. The van der Waals surface area contributed by atoms with E-state index < -0.39 is 6.04 Å². The second kappa shape index (κ2) is 7.13. The van der Waals surface area contributed by atoms with Crippen LogP contribution in [0.4, 0.5) is 0 Å². The summed E-state index contributed by atoms with van der Waals surface area (Å²) in [7, 11) is 3.02. The molecule has 0 fully saturated rings. The van der Waals surface area contributed by atoms with Crippen LogP contribution in [0.3, 0.4) is 0 Å². The maximum absolute atomic E-state index is 12.1. The van der Waals surface area contributed by atoms with Crippen LogP contribution in [0.2, 0.25) is 5.02 Å². The Bertz CT molecular complexity index is 417. The summed E-state index contributed by atoms with van der Waals surface area (Å²) >= 11 is 5.76. The van der Waals surface area contributed by atoms with Gasteiger partial charge in [0.15, 0.2) is 5.78 Å². The normalized spacial score (nSPS) is 11.9. The molecule has 0 aliphatic rings. The lowest BCUT2D eigenvalue weighted by Gasteiger charge is -2.14. The van der Waals surface area contributed by atoms with E-state index in [2.05, 4.69) is 10.1 Å². The highest BCUT2D eigenvalue weighted by molar-refractivity contribution is 6.30. The smallest absolute Gasteiger partial charge is 0.305 e. The van der Waals surface area contributed by atoms with Crippen LogP contribution in [-0.2, 0) is 9.53 Å². The molecule has 0 aromatic heterocycles. The van der Waals surface area contributed by atoms with Crippen molar-refractivity contribution in [2.24, 2.45) is 0 Å². The maximum Gasteiger partial charge on any atom is 0.305 e. The van der Waals surface area contributed by atoms with Gasteiger partial charge in [-0.25, -0.2) is 0 Å². The fraction of sp³-hybridized carbons (Fsp3) is 0.385. The Kier molecular flexibility index (Phi) is 5.82. The first-order valence-corrected chi connectivity index (χ1v) is 6.00. The number of hydrogen-bond donors (Lipinski definition) is 1. The van der Waals surface area contributed by atoms with Crippen molar-refractivity contribution in [3.8, 4) is 0 Å². The zero-order valence-corrected chi connectivity index (χ0v) is 11.2. The summed E-state index contributed by atoms with van der Waals surface area (Å²) in [4.78, 5) is 23.2. The van der Waals surface area contributed by atoms with Gasteiger partial charge in [-0.15, -0.1) is 0 Å². The van der Waals surface area contributed by atoms with Gasteiger partial charge in [0.25, 0.3) is 0 Å². The molecular formula is C13H16ClNO3. The number of carbonyl (C=O) groups excluding carboxylic acids is 2. The SMILES string of the molecule is CNC(CCC(=O)OC)C(=O)c1ccc(Cl)cc1. The molecule has 0 bridgehead atoms. The fourth-order valence-electron chi connectivity index (χ4n) is 1.59. The Morgan fingerprint density at radius 2 is 1.94 bits per heavy atom. The van der Waals surface area contributed by atoms with Gasteiger partial charge in [0, 0.05) is 17.0 Å². The number of likely N-dealkylation sites (N-methyl/N-ethyl adjacent to an activating group) is 1. The Morgan fingerprint density at radius 3 is 2.44 bits per heavy atom. The summed E-state index contributed by atoms with van der Waals surface area (Å²) < 4.78 is 4.55. The zero-order valence-electron chi connectivity index (χ0n) is 10.4. The average Bonchev–Trinajstić information content (AvgIpc) is 2.39. The van der Waals surface area contributed by atoms with Gasteiger partial charge in [-0.05, 0) is 37.7 Å². The molecule has 5 heteroatoms. The minimum absolute atomic E-state index is 0.0573. The second-order valence-corrected chi connectivity index (χ2v) is 4.26. The molecule has 1 aromatic rings. The first-order chi connectivity index (χ1) is 8.58. The third kappa shape index (κ3) is 4.13. The van der Waals surface area contributed by atoms with Gasteiger partial charge in [0.1, 0.15) is 0 Å². The number of nitrogens with one attached hydrogen (secondary N) is 1. The van der Waals surface area contributed by atoms with Crippen molar-refractivity contribution in [3.63, 3.8) is 0 Å². The number of ether oxygens (including phenoxy) is 1.